The van der Waals surface area contributed by atoms with Crippen molar-refractivity contribution < 1.29 is 19.1 Å². The second kappa shape index (κ2) is 8.28. The molecule has 2 unspecified atom stereocenters. The quantitative estimate of drug-likeness (QED) is 0.761. The molecule has 0 saturated carbocycles. The first-order valence-electron chi connectivity index (χ1n) is 8.91. The Morgan fingerprint density at radius 2 is 2.08 bits per heavy atom. The van der Waals surface area contributed by atoms with Crippen LogP contribution < -0.4 is 0 Å². The van der Waals surface area contributed by atoms with Crippen molar-refractivity contribution in [3.05, 3.63) is 47.0 Å². The number of unbranched alkanes of at least 4 members (excludes halogenated alkanes) is 1. The predicted octanol–water partition coefficient (Wildman–Crippen LogP) is 4.33. The summed E-state index contributed by atoms with van der Waals surface area (Å²) in [5.41, 5.74) is 0.564. The Hall–Kier alpha value is -2.17. The molecule has 5 heteroatoms. The summed E-state index contributed by atoms with van der Waals surface area (Å²) >= 11 is 0. The highest BCUT2D eigenvalue weighted by Gasteiger charge is 2.42. The number of amides is 1. The van der Waals surface area contributed by atoms with E-state index in [9.17, 15) is 19.1 Å². The van der Waals surface area contributed by atoms with Crippen molar-refractivity contribution in [3.8, 4) is 0 Å². The highest BCUT2D eigenvalue weighted by atomic mass is 19.1. The maximum Gasteiger partial charge on any atom is 0.290 e. The summed E-state index contributed by atoms with van der Waals surface area (Å²) in [4.78, 5) is 26.2. The van der Waals surface area contributed by atoms with Gasteiger partial charge in [-0.1, -0.05) is 45.2 Å². The number of carbonyl (C=O) groups is 2. The van der Waals surface area contributed by atoms with Gasteiger partial charge < -0.3 is 10.0 Å². The topological polar surface area (TPSA) is 57.6 Å². The SMILES string of the molecule is CCCCC(CC)CN1C(=O)C(O)=C(C(C)=O)C1c1cccc(F)c1. The van der Waals surface area contributed by atoms with E-state index in [4.69, 9.17) is 0 Å². The van der Waals surface area contributed by atoms with Crippen molar-refractivity contribution in [1.82, 2.24) is 4.90 Å². The second-order valence-corrected chi connectivity index (χ2v) is 6.65. The largest absolute Gasteiger partial charge is 0.503 e. The Kier molecular flexibility index (Phi) is 6.34. The van der Waals surface area contributed by atoms with E-state index in [1.165, 1.54) is 24.0 Å². The summed E-state index contributed by atoms with van der Waals surface area (Å²) in [6.45, 7) is 5.95. The summed E-state index contributed by atoms with van der Waals surface area (Å²) in [6.07, 6.45) is 4.00. The van der Waals surface area contributed by atoms with E-state index in [1.807, 2.05) is 0 Å². The van der Waals surface area contributed by atoms with Crippen LogP contribution in [0.25, 0.3) is 0 Å². The third kappa shape index (κ3) is 4.09. The van der Waals surface area contributed by atoms with Crippen LogP contribution in [0.5, 0.6) is 0 Å². The smallest absolute Gasteiger partial charge is 0.290 e. The molecule has 2 rings (SSSR count). The summed E-state index contributed by atoms with van der Waals surface area (Å²) in [5.74, 6) is -1.58. The Morgan fingerprint density at radius 3 is 2.64 bits per heavy atom. The predicted molar refractivity (Wildman–Crippen MR) is 94.5 cm³/mol. The Morgan fingerprint density at radius 1 is 1.36 bits per heavy atom. The highest BCUT2D eigenvalue weighted by Crippen LogP contribution is 2.38. The number of halogens is 1. The second-order valence-electron chi connectivity index (χ2n) is 6.65. The van der Waals surface area contributed by atoms with Gasteiger partial charge in [0.15, 0.2) is 11.5 Å². The van der Waals surface area contributed by atoms with Crippen LogP contribution >= 0.6 is 0 Å². The lowest BCUT2D eigenvalue weighted by Gasteiger charge is -2.30. The molecule has 136 valence electrons. The number of aliphatic hydroxyl groups is 1. The fourth-order valence-electron chi connectivity index (χ4n) is 3.42. The van der Waals surface area contributed by atoms with Crippen LogP contribution in [0.4, 0.5) is 4.39 Å². The number of hydrogen-bond acceptors (Lipinski definition) is 3. The molecule has 0 spiro atoms. The monoisotopic (exact) mass is 347 g/mol. The van der Waals surface area contributed by atoms with E-state index in [0.29, 0.717) is 12.1 Å². The van der Waals surface area contributed by atoms with Crippen LogP contribution in [0.1, 0.15) is 58.1 Å². The Labute approximate surface area is 148 Å². The molecule has 1 aliphatic rings. The molecule has 0 bridgehead atoms. The third-order valence-corrected chi connectivity index (χ3v) is 4.85. The van der Waals surface area contributed by atoms with Crippen molar-refractivity contribution in [2.45, 2.75) is 52.5 Å². The number of rotatable bonds is 8. The summed E-state index contributed by atoms with van der Waals surface area (Å²) in [5, 5.41) is 10.2. The van der Waals surface area contributed by atoms with Gasteiger partial charge in [-0.2, -0.15) is 0 Å². The van der Waals surface area contributed by atoms with Gasteiger partial charge in [-0.3, -0.25) is 9.59 Å². The van der Waals surface area contributed by atoms with Gasteiger partial charge in [0.1, 0.15) is 5.82 Å². The molecule has 1 N–H and O–H groups in total. The number of aliphatic hydroxyl groups excluding tert-OH is 1. The normalized spacial score (nSPS) is 18.8. The van der Waals surface area contributed by atoms with E-state index in [2.05, 4.69) is 13.8 Å². The zero-order valence-electron chi connectivity index (χ0n) is 15.1. The molecule has 1 heterocycles. The molecule has 0 fully saturated rings. The number of benzene rings is 1. The molecule has 1 aromatic carbocycles. The lowest BCUT2D eigenvalue weighted by Crippen LogP contribution is -2.35. The molecule has 2 atom stereocenters. The van der Waals surface area contributed by atoms with Crippen LogP contribution in [0.3, 0.4) is 0 Å². The first-order chi connectivity index (χ1) is 11.9. The van der Waals surface area contributed by atoms with E-state index < -0.39 is 23.5 Å². The van der Waals surface area contributed by atoms with Gasteiger partial charge in [-0.05, 0) is 37.0 Å². The highest BCUT2D eigenvalue weighted by molar-refractivity contribution is 6.08. The number of ketones is 1. The van der Waals surface area contributed by atoms with Crippen LogP contribution in [-0.4, -0.2) is 28.2 Å². The first kappa shape index (κ1) is 19.2. The van der Waals surface area contributed by atoms with Crippen molar-refractivity contribution >= 4 is 11.7 Å². The average molecular weight is 347 g/mol. The fourth-order valence-corrected chi connectivity index (χ4v) is 3.42. The van der Waals surface area contributed by atoms with E-state index in [1.54, 1.807) is 12.1 Å². The number of nitrogens with zero attached hydrogens (tertiary/aromatic N) is 1. The average Bonchev–Trinajstić information content (AvgIpc) is 2.83. The standard InChI is InChI=1S/C20H26FNO3/c1-4-6-8-14(5-2)12-22-18(15-9-7-10-16(21)11-15)17(13(3)23)19(24)20(22)25/h7,9-11,14,18,24H,4-6,8,12H2,1-3H3. The summed E-state index contributed by atoms with van der Waals surface area (Å²) in [6, 6.07) is 5.14. The van der Waals surface area contributed by atoms with Crippen LogP contribution in [0, 0.1) is 11.7 Å². The van der Waals surface area contributed by atoms with Gasteiger partial charge >= 0.3 is 0 Å². The number of carbonyl (C=O) groups excluding carboxylic acids is 2. The van der Waals surface area contributed by atoms with Gasteiger partial charge in [-0.25, -0.2) is 4.39 Å². The molecule has 1 amide bonds. The zero-order chi connectivity index (χ0) is 18.6. The fraction of sp³-hybridized carbons (Fsp3) is 0.500. The number of hydrogen-bond donors (Lipinski definition) is 1. The molecule has 0 saturated heterocycles. The summed E-state index contributed by atoms with van der Waals surface area (Å²) < 4.78 is 13.7. The Balaban J connectivity index is 2.39. The maximum atomic E-state index is 13.7. The van der Waals surface area contributed by atoms with E-state index >= 15 is 0 Å². The van der Waals surface area contributed by atoms with E-state index in [0.717, 1.165) is 25.7 Å². The lowest BCUT2D eigenvalue weighted by atomic mass is 9.94. The van der Waals surface area contributed by atoms with Crippen molar-refractivity contribution in [3.63, 3.8) is 0 Å². The maximum absolute atomic E-state index is 13.7. The molecule has 1 aliphatic heterocycles. The van der Waals surface area contributed by atoms with Crippen LogP contribution in [0.15, 0.2) is 35.6 Å². The Bertz CT molecular complexity index is 683. The zero-order valence-corrected chi connectivity index (χ0v) is 15.1. The molecule has 0 radical (unpaired) electrons. The minimum atomic E-state index is -0.726. The summed E-state index contributed by atoms with van der Waals surface area (Å²) in [7, 11) is 0. The minimum absolute atomic E-state index is 0.0564. The first-order valence-corrected chi connectivity index (χ1v) is 8.91. The van der Waals surface area contributed by atoms with Gasteiger partial charge in [-0.15, -0.1) is 0 Å². The lowest BCUT2D eigenvalue weighted by molar-refractivity contribution is -0.130. The van der Waals surface area contributed by atoms with Gasteiger partial charge in [0.25, 0.3) is 5.91 Å². The minimum Gasteiger partial charge on any atom is -0.503 e. The molecular weight excluding hydrogens is 321 g/mol. The third-order valence-electron chi connectivity index (χ3n) is 4.85. The van der Waals surface area contributed by atoms with Gasteiger partial charge in [0.05, 0.1) is 11.6 Å². The van der Waals surface area contributed by atoms with Crippen molar-refractivity contribution in [1.29, 1.82) is 0 Å². The molecular formula is C20H26FNO3. The van der Waals surface area contributed by atoms with Gasteiger partial charge in [0.2, 0.25) is 0 Å². The van der Waals surface area contributed by atoms with E-state index in [-0.39, 0.29) is 17.3 Å². The van der Waals surface area contributed by atoms with Crippen LogP contribution in [-0.2, 0) is 9.59 Å². The van der Waals surface area contributed by atoms with Crippen molar-refractivity contribution in [2.24, 2.45) is 5.92 Å². The molecule has 0 aliphatic carbocycles. The van der Waals surface area contributed by atoms with Crippen molar-refractivity contribution in [2.75, 3.05) is 6.54 Å². The molecule has 0 aromatic heterocycles. The molecule has 4 nitrogen and oxygen atoms in total. The number of Topliss-reactive ketones (excluding diaryl/α,β-unsaturated/α-hetero) is 1. The van der Waals surface area contributed by atoms with Crippen LogP contribution in [0.2, 0.25) is 0 Å². The molecule has 25 heavy (non-hydrogen) atoms. The van der Waals surface area contributed by atoms with Gasteiger partial charge in [0, 0.05) is 6.54 Å². The molecule has 1 aromatic rings.